The lowest BCUT2D eigenvalue weighted by atomic mass is 9.90. The van der Waals surface area contributed by atoms with E-state index in [0.717, 1.165) is 31.7 Å². The molecule has 0 radical (unpaired) electrons. The van der Waals surface area contributed by atoms with E-state index in [1.807, 2.05) is 6.92 Å². The fraction of sp³-hybridized carbons (Fsp3) is 0.500. The fourth-order valence-electron chi connectivity index (χ4n) is 3.38. The summed E-state index contributed by atoms with van der Waals surface area (Å²) >= 11 is 0. The number of carbonyl (C=O) groups excluding carboxylic acids is 1. The Bertz CT molecular complexity index is 770. The van der Waals surface area contributed by atoms with E-state index >= 15 is 0 Å². The van der Waals surface area contributed by atoms with Gasteiger partial charge in [-0.15, -0.1) is 0 Å². The van der Waals surface area contributed by atoms with Crippen molar-refractivity contribution in [3.63, 3.8) is 0 Å². The van der Waals surface area contributed by atoms with Gasteiger partial charge >= 0.3 is 6.03 Å². The number of urea groups is 1. The summed E-state index contributed by atoms with van der Waals surface area (Å²) in [5.41, 5.74) is 0.551. The Morgan fingerprint density at radius 2 is 2.11 bits per heavy atom. The highest BCUT2D eigenvalue weighted by molar-refractivity contribution is 5.74. The highest BCUT2D eigenvalue weighted by atomic mass is 19.1. The molecule has 2 amide bonds. The second-order valence-electron chi connectivity index (χ2n) is 6.94. The van der Waals surface area contributed by atoms with Gasteiger partial charge in [0.05, 0.1) is 12.7 Å². The number of hydrogen-bond donors (Lipinski definition) is 1. The van der Waals surface area contributed by atoms with E-state index in [2.05, 4.69) is 10.3 Å². The van der Waals surface area contributed by atoms with Crippen LogP contribution in [0, 0.1) is 17.6 Å². The lowest BCUT2D eigenvalue weighted by Gasteiger charge is -2.32. The van der Waals surface area contributed by atoms with Crippen LogP contribution in [0.4, 0.5) is 13.6 Å². The molecule has 27 heavy (non-hydrogen) atoms. The number of oxazole rings is 1. The SMILES string of the molecule is CCc1ncc(CNC(=O)N2CCC(CCc3ccc(F)cc3F)CC2)o1. The molecular weight excluding hydrogens is 352 g/mol. The van der Waals surface area contributed by atoms with Crippen molar-refractivity contribution in [2.24, 2.45) is 5.92 Å². The highest BCUT2D eigenvalue weighted by Crippen LogP contribution is 2.23. The lowest BCUT2D eigenvalue weighted by molar-refractivity contribution is 0.167. The van der Waals surface area contributed by atoms with Crippen molar-refractivity contribution in [3.8, 4) is 0 Å². The molecule has 146 valence electrons. The van der Waals surface area contributed by atoms with Crippen molar-refractivity contribution in [1.82, 2.24) is 15.2 Å². The van der Waals surface area contributed by atoms with Crippen LogP contribution in [-0.2, 0) is 19.4 Å². The molecule has 1 saturated heterocycles. The number of piperidine rings is 1. The van der Waals surface area contributed by atoms with Crippen molar-refractivity contribution < 1.29 is 18.0 Å². The molecule has 7 heteroatoms. The van der Waals surface area contributed by atoms with Gasteiger partial charge in [0, 0.05) is 25.6 Å². The van der Waals surface area contributed by atoms with Crippen molar-refractivity contribution in [3.05, 3.63) is 53.2 Å². The van der Waals surface area contributed by atoms with E-state index in [1.165, 1.54) is 12.1 Å². The molecule has 3 rings (SSSR count). The molecule has 1 aliphatic rings. The molecule has 0 aliphatic carbocycles. The van der Waals surface area contributed by atoms with Gasteiger partial charge in [-0.2, -0.15) is 0 Å². The Kier molecular flexibility index (Phi) is 6.42. The van der Waals surface area contributed by atoms with Gasteiger partial charge in [-0.1, -0.05) is 13.0 Å². The summed E-state index contributed by atoms with van der Waals surface area (Å²) in [6.07, 6.45) is 5.57. The van der Waals surface area contributed by atoms with Crippen molar-refractivity contribution in [1.29, 1.82) is 0 Å². The number of likely N-dealkylation sites (tertiary alicyclic amines) is 1. The minimum Gasteiger partial charge on any atom is -0.444 e. The van der Waals surface area contributed by atoms with Crippen LogP contribution in [0.2, 0.25) is 0 Å². The molecule has 1 aliphatic heterocycles. The van der Waals surface area contributed by atoms with Crippen LogP contribution in [-0.4, -0.2) is 29.0 Å². The Hall–Kier alpha value is -2.44. The fourth-order valence-corrected chi connectivity index (χ4v) is 3.38. The topological polar surface area (TPSA) is 58.4 Å². The predicted octanol–water partition coefficient (Wildman–Crippen LogP) is 4.07. The average Bonchev–Trinajstić information content (AvgIpc) is 3.14. The average molecular weight is 377 g/mol. The Balaban J connectivity index is 1.39. The molecule has 0 unspecified atom stereocenters. The number of hydrogen-bond acceptors (Lipinski definition) is 3. The Labute approximate surface area is 157 Å². The van der Waals surface area contributed by atoms with Gasteiger partial charge in [0.2, 0.25) is 0 Å². The van der Waals surface area contributed by atoms with Gasteiger partial charge in [-0.3, -0.25) is 0 Å². The number of aryl methyl sites for hydroxylation is 2. The molecule has 0 atom stereocenters. The largest absolute Gasteiger partial charge is 0.444 e. The normalized spacial score (nSPS) is 15.1. The number of halogens is 2. The number of aromatic nitrogens is 1. The predicted molar refractivity (Wildman–Crippen MR) is 97.1 cm³/mol. The first-order chi connectivity index (χ1) is 13.0. The first-order valence-corrected chi connectivity index (χ1v) is 9.45. The summed E-state index contributed by atoms with van der Waals surface area (Å²) in [4.78, 5) is 18.2. The van der Waals surface area contributed by atoms with Gasteiger partial charge in [-0.25, -0.2) is 18.6 Å². The molecule has 2 aromatic rings. The third-order valence-electron chi connectivity index (χ3n) is 5.06. The van der Waals surface area contributed by atoms with Gasteiger partial charge < -0.3 is 14.6 Å². The van der Waals surface area contributed by atoms with Gasteiger partial charge in [-0.05, 0) is 43.2 Å². The van der Waals surface area contributed by atoms with Crippen molar-refractivity contribution in [2.75, 3.05) is 13.1 Å². The maximum absolute atomic E-state index is 13.7. The zero-order chi connectivity index (χ0) is 19.2. The monoisotopic (exact) mass is 377 g/mol. The zero-order valence-corrected chi connectivity index (χ0v) is 15.5. The molecule has 1 fully saturated rings. The number of nitrogens with zero attached hydrogens (tertiary/aromatic N) is 2. The number of amides is 2. The molecule has 1 aromatic carbocycles. The third kappa shape index (κ3) is 5.28. The van der Waals surface area contributed by atoms with E-state index in [-0.39, 0.29) is 6.03 Å². The number of rotatable bonds is 6. The first-order valence-electron chi connectivity index (χ1n) is 9.45. The van der Waals surface area contributed by atoms with Crippen LogP contribution in [0.1, 0.15) is 43.4 Å². The number of benzene rings is 1. The van der Waals surface area contributed by atoms with Crippen LogP contribution in [0.5, 0.6) is 0 Å². The van der Waals surface area contributed by atoms with Crippen LogP contribution in [0.25, 0.3) is 0 Å². The summed E-state index contributed by atoms with van der Waals surface area (Å²) in [7, 11) is 0. The minimum absolute atomic E-state index is 0.104. The summed E-state index contributed by atoms with van der Waals surface area (Å²) in [5.74, 6) is 0.728. The Morgan fingerprint density at radius 1 is 1.33 bits per heavy atom. The zero-order valence-electron chi connectivity index (χ0n) is 15.5. The van der Waals surface area contributed by atoms with E-state index in [0.29, 0.717) is 49.2 Å². The van der Waals surface area contributed by atoms with E-state index < -0.39 is 11.6 Å². The second kappa shape index (κ2) is 8.97. The number of carbonyl (C=O) groups is 1. The van der Waals surface area contributed by atoms with Gasteiger partial charge in [0.15, 0.2) is 5.89 Å². The molecule has 5 nitrogen and oxygen atoms in total. The smallest absolute Gasteiger partial charge is 0.317 e. The standard InChI is InChI=1S/C20H25F2N3O2/c1-2-19-23-12-17(27-19)13-24-20(26)25-9-7-14(8-10-25)3-4-15-5-6-16(21)11-18(15)22/h5-6,11-12,14H,2-4,7-10,13H2,1H3,(H,24,26). The molecule has 1 N–H and O–H groups in total. The Morgan fingerprint density at radius 3 is 2.78 bits per heavy atom. The summed E-state index contributed by atoms with van der Waals surface area (Å²) in [6.45, 7) is 3.65. The van der Waals surface area contributed by atoms with Crippen LogP contribution < -0.4 is 5.32 Å². The van der Waals surface area contributed by atoms with Crippen LogP contribution in [0.15, 0.2) is 28.8 Å². The maximum Gasteiger partial charge on any atom is 0.317 e. The second-order valence-corrected chi connectivity index (χ2v) is 6.94. The van der Waals surface area contributed by atoms with Crippen LogP contribution >= 0.6 is 0 Å². The quantitative estimate of drug-likeness (QED) is 0.826. The van der Waals surface area contributed by atoms with Gasteiger partial charge in [0.1, 0.15) is 17.4 Å². The molecule has 0 saturated carbocycles. The molecule has 0 spiro atoms. The van der Waals surface area contributed by atoms with Crippen molar-refractivity contribution in [2.45, 2.75) is 45.6 Å². The molecule has 2 heterocycles. The van der Waals surface area contributed by atoms with Crippen molar-refractivity contribution >= 4 is 6.03 Å². The maximum atomic E-state index is 13.7. The minimum atomic E-state index is -0.549. The van der Waals surface area contributed by atoms with Crippen LogP contribution in [0.3, 0.4) is 0 Å². The molecular formula is C20H25F2N3O2. The molecule has 0 bridgehead atoms. The van der Waals surface area contributed by atoms with E-state index in [1.54, 1.807) is 11.1 Å². The summed E-state index contributed by atoms with van der Waals surface area (Å²) in [6, 6.07) is 3.64. The van der Waals surface area contributed by atoms with Gasteiger partial charge in [0.25, 0.3) is 0 Å². The lowest BCUT2D eigenvalue weighted by Crippen LogP contribution is -2.44. The van der Waals surface area contributed by atoms with E-state index in [9.17, 15) is 13.6 Å². The summed E-state index contributed by atoms with van der Waals surface area (Å²) in [5, 5.41) is 2.86. The third-order valence-corrected chi connectivity index (χ3v) is 5.06. The highest BCUT2D eigenvalue weighted by Gasteiger charge is 2.23. The molecule has 1 aromatic heterocycles. The first kappa shape index (κ1) is 19.3. The number of nitrogens with one attached hydrogen (secondary N) is 1. The van der Waals surface area contributed by atoms with E-state index in [4.69, 9.17) is 4.42 Å². The summed E-state index contributed by atoms with van der Waals surface area (Å²) < 4.78 is 32.1.